The second-order valence-electron chi connectivity index (χ2n) is 5.39. The first kappa shape index (κ1) is 14.9. The van der Waals surface area contributed by atoms with Gasteiger partial charge in [0.2, 0.25) is 5.91 Å². The summed E-state index contributed by atoms with van der Waals surface area (Å²) in [6.45, 7) is 3.67. The fraction of sp³-hybridized carbons (Fsp3) is 0.467. The Hall–Kier alpha value is -1.55. The Morgan fingerprint density at radius 2 is 2.10 bits per heavy atom. The van der Waals surface area contributed by atoms with Gasteiger partial charge in [0.15, 0.2) is 0 Å². The molecule has 1 aromatic rings. The van der Waals surface area contributed by atoms with E-state index in [0.29, 0.717) is 10.7 Å². The Balaban J connectivity index is 2.32. The molecule has 0 aliphatic heterocycles. The third-order valence-corrected chi connectivity index (χ3v) is 3.77. The van der Waals surface area contributed by atoms with Crippen molar-refractivity contribution in [2.75, 3.05) is 11.4 Å². The maximum atomic E-state index is 12.4. The van der Waals surface area contributed by atoms with Crippen LogP contribution in [-0.2, 0) is 9.59 Å². The highest BCUT2D eigenvalue weighted by Gasteiger charge is 2.35. The lowest BCUT2D eigenvalue weighted by Gasteiger charge is -2.26. The van der Waals surface area contributed by atoms with Gasteiger partial charge in [0.1, 0.15) is 0 Å². The number of carboxylic acid groups (broad SMARTS) is 1. The number of amides is 1. The molecule has 108 valence electrons. The number of carbonyl (C=O) groups is 2. The average molecular weight is 296 g/mol. The van der Waals surface area contributed by atoms with Crippen molar-refractivity contribution in [1.82, 2.24) is 0 Å². The van der Waals surface area contributed by atoms with Crippen molar-refractivity contribution in [3.05, 3.63) is 28.8 Å². The van der Waals surface area contributed by atoms with Crippen molar-refractivity contribution < 1.29 is 14.7 Å². The van der Waals surface area contributed by atoms with Crippen LogP contribution in [0.5, 0.6) is 0 Å². The number of nitrogens with zero attached hydrogens (tertiary/aromatic N) is 1. The molecular weight excluding hydrogens is 278 g/mol. The number of halogens is 1. The number of aryl methyl sites for hydroxylation is 1. The Morgan fingerprint density at radius 3 is 2.65 bits per heavy atom. The fourth-order valence-corrected chi connectivity index (χ4v) is 2.25. The van der Waals surface area contributed by atoms with Gasteiger partial charge in [-0.2, -0.15) is 0 Å². The molecule has 5 heteroatoms. The maximum Gasteiger partial charge on any atom is 0.308 e. The predicted octanol–water partition coefficient (Wildman–Crippen LogP) is 3.11. The second kappa shape index (κ2) is 5.83. The molecule has 1 fully saturated rings. The van der Waals surface area contributed by atoms with Crippen molar-refractivity contribution in [1.29, 1.82) is 0 Å². The van der Waals surface area contributed by atoms with Gasteiger partial charge in [0.05, 0.1) is 5.92 Å². The van der Waals surface area contributed by atoms with Gasteiger partial charge in [-0.1, -0.05) is 24.6 Å². The summed E-state index contributed by atoms with van der Waals surface area (Å²) >= 11 is 6.01. The minimum Gasteiger partial charge on any atom is -0.481 e. The van der Waals surface area contributed by atoms with Crippen LogP contribution in [0.2, 0.25) is 5.02 Å². The molecule has 4 nitrogen and oxygen atoms in total. The van der Waals surface area contributed by atoms with Crippen LogP contribution in [0, 0.1) is 18.8 Å². The molecule has 0 radical (unpaired) electrons. The second-order valence-corrected chi connectivity index (χ2v) is 5.83. The molecule has 1 unspecified atom stereocenters. The number of hydrogen-bond acceptors (Lipinski definition) is 2. The number of hydrogen-bond donors (Lipinski definition) is 1. The molecule has 1 aliphatic carbocycles. The van der Waals surface area contributed by atoms with Gasteiger partial charge in [-0.05, 0) is 37.5 Å². The largest absolute Gasteiger partial charge is 0.481 e. The Bertz CT molecular complexity index is 540. The van der Waals surface area contributed by atoms with Crippen LogP contribution in [0.3, 0.4) is 0 Å². The van der Waals surface area contributed by atoms with E-state index in [-0.39, 0.29) is 18.4 Å². The topological polar surface area (TPSA) is 57.6 Å². The van der Waals surface area contributed by atoms with Gasteiger partial charge < -0.3 is 10.0 Å². The van der Waals surface area contributed by atoms with Crippen LogP contribution in [0.15, 0.2) is 18.2 Å². The molecule has 1 N–H and O–H groups in total. The van der Waals surface area contributed by atoms with Gasteiger partial charge in [-0.25, -0.2) is 0 Å². The van der Waals surface area contributed by atoms with Gasteiger partial charge in [-0.15, -0.1) is 0 Å². The van der Waals surface area contributed by atoms with E-state index in [9.17, 15) is 9.59 Å². The third kappa shape index (κ3) is 3.31. The number of rotatable bonds is 5. The fourth-order valence-electron chi connectivity index (χ4n) is 2.08. The number of aliphatic carboxylic acids is 1. The van der Waals surface area contributed by atoms with E-state index in [2.05, 4.69) is 0 Å². The molecule has 2 rings (SSSR count). The first-order valence-corrected chi connectivity index (χ1v) is 7.08. The predicted molar refractivity (Wildman–Crippen MR) is 78.1 cm³/mol. The average Bonchev–Trinajstić information content (AvgIpc) is 3.22. The molecule has 0 bridgehead atoms. The smallest absolute Gasteiger partial charge is 0.308 e. The molecule has 1 atom stereocenters. The van der Waals surface area contributed by atoms with E-state index < -0.39 is 11.9 Å². The monoisotopic (exact) mass is 295 g/mol. The van der Waals surface area contributed by atoms with Crippen LogP contribution in [-0.4, -0.2) is 23.5 Å². The first-order valence-electron chi connectivity index (χ1n) is 6.70. The summed E-state index contributed by atoms with van der Waals surface area (Å²) in [4.78, 5) is 25.1. The van der Waals surface area contributed by atoms with Crippen molar-refractivity contribution in [2.45, 2.75) is 26.7 Å². The molecule has 1 amide bonds. The van der Waals surface area contributed by atoms with E-state index in [1.165, 1.54) is 0 Å². The van der Waals surface area contributed by atoms with Crippen molar-refractivity contribution in [2.24, 2.45) is 11.8 Å². The summed E-state index contributed by atoms with van der Waals surface area (Å²) in [5.41, 5.74) is 1.63. The quantitative estimate of drug-likeness (QED) is 0.908. The van der Waals surface area contributed by atoms with Crippen LogP contribution < -0.4 is 4.90 Å². The first-order chi connectivity index (χ1) is 9.40. The van der Waals surface area contributed by atoms with E-state index in [4.69, 9.17) is 16.7 Å². The van der Waals surface area contributed by atoms with Gasteiger partial charge in [0, 0.05) is 23.2 Å². The summed E-state index contributed by atoms with van der Waals surface area (Å²) in [5, 5.41) is 9.62. The number of carbonyl (C=O) groups excluding carboxylic acids is 1. The van der Waals surface area contributed by atoms with Crippen LogP contribution in [0.1, 0.15) is 25.3 Å². The van der Waals surface area contributed by atoms with Crippen molar-refractivity contribution in [3.63, 3.8) is 0 Å². The Morgan fingerprint density at radius 1 is 1.45 bits per heavy atom. The third-order valence-electron chi connectivity index (χ3n) is 3.53. The molecule has 0 saturated heterocycles. The van der Waals surface area contributed by atoms with Crippen LogP contribution >= 0.6 is 11.6 Å². The van der Waals surface area contributed by atoms with E-state index >= 15 is 0 Å². The number of benzene rings is 1. The molecule has 20 heavy (non-hydrogen) atoms. The SMILES string of the molecule is Cc1ccc(Cl)cc1N(CC(C)C(=O)O)C(=O)C1CC1. The van der Waals surface area contributed by atoms with Crippen molar-refractivity contribution in [3.8, 4) is 0 Å². The zero-order chi connectivity index (χ0) is 14.9. The van der Waals surface area contributed by atoms with E-state index in [0.717, 1.165) is 18.4 Å². The highest BCUT2D eigenvalue weighted by molar-refractivity contribution is 6.31. The lowest BCUT2D eigenvalue weighted by Crippen LogP contribution is -2.38. The molecule has 0 spiro atoms. The van der Waals surface area contributed by atoms with Crippen molar-refractivity contribution >= 4 is 29.2 Å². The lowest BCUT2D eigenvalue weighted by atomic mass is 10.1. The number of anilines is 1. The number of carboxylic acids is 1. The molecule has 0 heterocycles. The molecule has 1 aromatic carbocycles. The van der Waals surface area contributed by atoms with Gasteiger partial charge >= 0.3 is 5.97 Å². The van der Waals surface area contributed by atoms with E-state index in [1.807, 2.05) is 13.0 Å². The van der Waals surface area contributed by atoms with Gasteiger partial charge in [0.25, 0.3) is 0 Å². The Kier molecular flexibility index (Phi) is 4.33. The summed E-state index contributed by atoms with van der Waals surface area (Å²) in [6, 6.07) is 5.34. The summed E-state index contributed by atoms with van der Waals surface area (Å²) < 4.78 is 0. The van der Waals surface area contributed by atoms with Gasteiger partial charge in [-0.3, -0.25) is 9.59 Å². The zero-order valence-electron chi connectivity index (χ0n) is 11.6. The standard InChI is InChI=1S/C15H18ClNO3/c1-9-3-6-12(16)7-13(9)17(8-10(2)15(19)20)14(18)11-4-5-11/h3,6-7,10-11H,4-5,8H2,1-2H3,(H,19,20). The highest BCUT2D eigenvalue weighted by atomic mass is 35.5. The maximum absolute atomic E-state index is 12.4. The minimum absolute atomic E-state index is 0.00321. The minimum atomic E-state index is -0.904. The van der Waals surface area contributed by atoms with E-state index in [1.54, 1.807) is 24.0 Å². The molecule has 1 aliphatic rings. The highest BCUT2D eigenvalue weighted by Crippen LogP contribution is 2.34. The summed E-state index contributed by atoms with van der Waals surface area (Å²) in [6.07, 6.45) is 1.77. The Labute approximate surface area is 123 Å². The molecule has 1 saturated carbocycles. The summed E-state index contributed by atoms with van der Waals surface area (Å²) in [5.74, 6) is -1.48. The molecular formula is C15H18ClNO3. The lowest BCUT2D eigenvalue weighted by molar-refractivity contribution is -0.140. The zero-order valence-corrected chi connectivity index (χ0v) is 12.4. The van der Waals surface area contributed by atoms with Crippen LogP contribution in [0.4, 0.5) is 5.69 Å². The van der Waals surface area contributed by atoms with Crippen LogP contribution in [0.25, 0.3) is 0 Å². The molecule has 0 aromatic heterocycles. The normalized spacial score (nSPS) is 15.8. The summed E-state index contributed by atoms with van der Waals surface area (Å²) in [7, 11) is 0.